The first-order valence-electron chi connectivity index (χ1n) is 6.88. The summed E-state index contributed by atoms with van der Waals surface area (Å²) in [6, 6.07) is 11.4. The van der Waals surface area contributed by atoms with Crippen LogP contribution in [0.5, 0.6) is 0 Å². The van der Waals surface area contributed by atoms with Gasteiger partial charge in [0.25, 0.3) is 0 Å². The van der Waals surface area contributed by atoms with Crippen LogP contribution in [-0.4, -0.2) is 11.1 Å². The van der Waals surface area contributed by atoms with Crippen LogP contribution in [0.2, 0.25) is 0 Å². The first-order valence-corrected chi connectivity index (χ1v) is 6.88. The molecule has 0 atom stereocenters. The molecule has 2 rings (SSSR count). The molecule has 1 N–H and O–H groups in total. The third-order valence-corrected chi connectivity index (χ3v) is 3.12. The first-order chi connectivity index (χ1) is 9.95. The highest BCUT2D eigenvalue weighted by Gasteiger charge is 2.13. The fraction of sp³-hybridized carbons (Fsp3) is 0.294. The Morgan fingerprint density at radius 1 is 1.10 bits per heavy atom. The zero-order chi connectivity index (χ0) is 15.3. The number of anilines is 1. The van der Waals surface area contributed by atoms with Crippen molar-refractivity contribution in [3.8, 4) is 0 Å². The minimum atomic E-state index is -0.463. The Morgan fingerprint density at radius 3 is 2.29 bits per heavy atom. The van der Waals surface area contributed by atoms with Crippen LogP contribution in [0.4, 0.5) is 10.5 Å². The summed E-state index contributed by atoms with van der Waals surface area (Å²) >= 11 is 0. The average Bonchev–Trinajstić information content (AvgIpc) is 2.46. The molecule has 0 radical (unpaired) electrons. The maximum absolute atomic E-state index is 11.7. The number of nitrogens with one attached hydrogen (secondary N) is 1. The molecule has 110 valence electrons. The lowest BCUT2D eigenvalue weighted by Crippen LogP contribution is -2.14. The molecule has 1 amide bonds. The van der Waals surface area contributed by atoms with E-state index < -0.39 is 6.09 Å². The van der Waals surface area contributed by atoms with Crippen molar-refractivity contribution in [2.24, 2.45) is 0 Å². The molecule has 0 saturated heterocycles. The molecule has 0 bridgehead atoms. The number of nitrogens with zero attached hydrogens (tertiary/aromatic N) is 1. The van der Waals surface area contributed by atoms with Gasteiger partial charge in [-0.3, -0.25) is 10.3 Å². The predicted octanol–water partition coefficient (Wildman–Crippen LogP) is 4.13. The Hall–Kier alpha value is -2.36. The number of rotatable bonds is 3. The van der Waals surface area contributed by atoms with Gasteiger partial charge in [-0.05, 0) is 40.8 Å². The molecule has 1 aromatic heterocycles. The van der Waals surface area contributed by atoms with Gasteiger partial charge in [0.05, 0.1) is 0 Å². The number of carbonyl (C=O) groups is 1. The maximum atomic E-state index is 11.7. The third kappa shape index (κ3) is 4.60. The largest absolute Gasteiger partial charge is 0.444 e. The number of pyridine rings is 1. The van der Waals surface area contributed by atoms with Gasteiger partial charge < -0.3 is 4.74 Å². The van der Waals surface area contributed by atoms with Crippen LogP contribution in [0.3, 0.4) is 0 Å². The van der Waals surface area contributed by atoms with Gasteiger partial charge in [-0.2, -0.15) is 0 Å². The molecule has 2 aromatic rings. The van der Waals surface area contributed by atoms with E-state index in [0.717, 1.165) is 11.3 Å². The summed E-state index contributed by atoms with van der Waals surface area (Å²) < 4.78 is 5.15. The van der Waals surface area contributed by atoms with E-state index in [1.54, 1.807) is 12.4 Å². The quantitative estimate of drug-likeness (QED) is 0.922. The summed E-state index contributed by atoms with van der Waals surface area (Å²) in [5.74, 6) is 0. The lowest BCUT2D eigenvalue weighted by Gasteiger charge is -2.19. The van der Waals surface area contributed by atoms with Gasteiger partial charge in [0.15, 0.2) is 0 Å². The van der Waals surface area contributed by atoms with Crippen molar-refractivity contribution in [3.63, 3.8) is 0 Å². The van der Waals surface area contributed by atoms with Crippen LogP contribution in [0.25, 0.3) is 0 Å². The molecule has 4 heteroatoms. The number of hydrogen-bond acceptors (Lipinski definition) is 3. The standard InChI is InChI=1S/C17H20N2O2/c1-17(2,3)14-4-6-15(7-5-14)19-16(20)21-12-13-8-10-18-11-9-13/h4-11H,12H2,1-3H3,(H,19,20). The van der Waals surface area contributed by atoms with Gasteiger partial charge in [0, 0.05) is 18.1 Å². The fourth-order valence-corrected chi connectivity index (χ4v) is 1.84. The average molecular weight is 284 g/mol. The number of hydrogen-bond donors (Lipinski definition) is 1. The summed E-state index contributed by atoms with van der Waals surface area (Å²) in [4.78, 5) is 15.6. The molecule has 0 aliphatic carbocycles. The molecule has 0 spiro atoms. The molecule has 0 aliphatic heterocycles. The monoisotopic (exact) mass is 284 g/mol. The number of ether oxygens (including phenoxy) is 1. The van der Waals surface area contributed by atoms with E-state index in [1.165, 1.54) is 5.56 Å². The van der Waals surface area contributed by atoms with Gasteiger partial charge in [0.2, 0.25) is 0 Å². The van der Waals surface area contributed by atoms with Crippen molar-refractivity contribution in [1.29, 1.82) is 0 Å². The van der Waals surface area contributed by atoms with Crippen molar-refractivity contribution in [2.45, 2.75) is 32.8 Å². The van der Waals surface area contributed by atoms with Crippen molar-refractivity contribution >= 4 is 11.8 Å². The topological polar surface area (TPSA) is 51.2 Å². The normalized spacial score (nSPS) is 11.0. The molecule has 0 saturated carbocycles. The van der Waals surface area contributed by atoms with E-state index in [2.05, 4.69) is 31.1 Å². The SMILES string of the molecule is CC(C)(C)c1ccc(NC(=O)OCc2ccncc2)cc1. The number of amides is 1. The second-order valence-electron chi connectivity index (χ2n) is 5.88. The predicted molar refractivity (Wildman–Crippen MR) is 83.2 cm³/mol. The molecule has 1 aromatic carbocycles. The molecule has 4 nitrogen and oxygen atoms in total. The summed E-state index contributed by atoms with van der Waals surface area (Å²) in [7, 11) is 0. The molecule has 1 heterocycles. The van der Waals surface area contributed by atoms with E-state index in [0.29, 0.717) is 0 Å². The summed E-state index contributed by atoms with van der Waals surface area (Å²) in [6.07, 6.45) is 2.87. The Morgan fingerprint density at radius 2 is 1.71 bits per heavy atom. The summed E-state index contributed by atoms with van der Waals surface area (Å²) in [5.41, 5.74) is 2.95. The van der Waals surface area contributed by atoms with E-state index in [4.69, 9.17) is 4.74 Å². The zero-order valence-electron chi connectivity index (χ0n) is 12.6. The number of aromatic nitrogens is 1. The van der Waals surface area contributed by atoms with E-state index in [9.17, 15) is 4.79 Å². The van der Waals surface area contributed by atoms with Crippen LogP contribution in [0.15, 0.2) is 48.8 Å². The number of benzene rings is 1. The minimum Gasteiger partial charge on any atom is -0.444 e. The van der Waals surface area contributed by atoms with Crippen LogP contribution in [-0.2, 0) is 16.8 Å². The van der Waals surface area contributed by atoms with E-state index in [1.807, 2.05) is 36.4 Å². The van der Waals surface area contributed by atoms with Crippen molar-refractivity contribution < 1.29 is 9.53 Å². The zero-order valence-corrected chi connectivity index (χ0v) is 12.6. The first kappa shape index (κ1) is 15.0. The summed E-state index contributed by atoms with van der Waals surface area (Å²) in [5, 5.41) is 2.71. The third-order valence-electron chi connectivity index (χ3n) is 3.12. The van der Waals surface area contributed by atoms with E-state index in [-0.39, 0.29) is 12.0 Å². The van der Waals surface area contributed by atoms with Crippen LogP contribution < -0.4 is 5.32 Å². The lowest BCUT2D eigenvalue weighted by atomic mass is 9.87. The minimum absolute atomic E-state index is 0.0976. The molecule has 21 heavy (non-hydrogen) atoms. The smallest absolute Gasteiger partial charge is 0.411 e. The lowest BCUT2D eigenvalue weighted by molar-refractivity contribution is 0.155. The van der Waals surface area contributed by atoms with Crippen LogP contribution in [0.1, 0.15) is 31.9 Å². The highest BCUT2D eigenvalue weighted by Crippen LogP contribution is 2.23. The Kier molecular flexibility index (Phi) is 4.58. The van der Waals surface area contributed by atoms with E-state index >= 15 is 0 Å². The highest BCUT2D eigenvalue weighted by molar-refractivity contribution is 5.84. The van der Waals surface area contributed by atoms with Gasteiger partial charge in [-0.25, -0.2) is 4.79 Å². The molecule has 0 fully saturated rings. The molecular weight excluding hydrogens is 264 g/mol. The van der Waals surface area contributed by atoms with Gasteiger partial charge in [-0.15, -0.1) is 0 Å². The number of carbonyl (C=O) groups excluding carboxylic acids is 1. The van der Waals surface area contributed by atoms with Crippen LogP contribution >= 0.6 is 0 Å². The van der Waals surface area contributed by atoms with Crippen LogP contribution in [0, 0.1) is 0 Å². The van der Waals surface area contributed by atoms with Gasteiger partial charge in [-0.1, -0.05) is 32.9 Å². The highest BCUT2D eigenvalue weighted by atomic mass is 16.5. The Labute approximate surface area is 125 Å². The van der Waals surface area contributed by atoms with Crippen molar-refractivity contribution in [1.82, 2.24) is 4.98 Å². The fourth-order valence-electron chi connectivity index (χ4n) is 1.84. The Balaban J connectivity index is 1.88. The second kappa shape index (κ2) is 6.39. The molecule has 0 unspecified atom stereocenters. The molecule has 0 aliphatic rings. The molecular formula is C17H20N2O2. The van der Waals surface area contributed by atoms with Crippen molar-refractivity contribution in [3.05, 3.63) is 59.9 Å². The second-order valence-corrected chi connectivity index (χ2v) is 5.88. The van der Waals surface area contributed by atoms with Gasteiger partial charge >= 0.3 is 6.09 Å². The maximum Gasteiger partial charge on any atom is 0.411 e. The van der Waals surface area contributed by atoms with Crippen molar-refractivity contribution in [2.75, 3.05) is 5.32 Å². The Bertz CT molecular complexity index is 586. The summed E-state index contributed by atoms with van der Waals surface area (Å²) in [6.45, 7) is 6.68. The van der Waals surface area contributed by atoms with Gasteiger partial charge in [0.1, 0.15) is 6.61 Å².